The Hall–Kier alpha value is -2.81. The first kappa shape index (κ1) is 15.7. The van der Waals surface area contributed by atoms with Gasteiger partial charge in [-0.3, -0.25) is 0 Å². The van der Waals surface area contributed by atoms with Crippen LogP contribution in [0.4, 0.5) is 13.2 Å². The molecule has 124 valence electrons. The molecule has 0 N–H and O–H groups in total. The van der Waals surface area contributed by atoms with Crippen LogP contribution in [0.15, 0.2) is 90.5 Å². The van der Waals surface area contributed by atoms with Crippen molar-refractivity contribution >= 4 is 5.57 Å². The highest BCUT2D eigenvalue weighted by Gasteiger charge is 2.47. The lowest BCUT2D eigenvalue weighted by molar-refractivity contribution is -0.0936. The minimum atomic E-state index is -4.41. The first-order valence-corrected chi connectivity index (χ1v) is 8.08. The van der Waals surface area contributed by atoms with Crippen LogP contribution in [0.2, 0.25) is 0 Å². The molecule has 3 aromatic carbocycles. The average molecular weight is 336 g/mol. The number of hydrogen-bond acceptors (Lipinski definition) is 0. The highest BCUT2D eigenvalue weighted by atomic mass is 19.4. The van der Waals surface area contributed by atoms with Crippen molar-refractivity contribution < 1.29 is 13.2 Å². The third-order valence-electron chi connectivity index (χ3n) is 4.60. The maximum Gasteiger partial charge on any atom is 0.414 e. The fraction of sp³-hybridized carbons (Fsp3) is 0.0909. The van der Waals surface area contributed by atoms with Gasteiger partial charge in [-0.2, -0.15) is 13.2 Å². The average Bonchev–Trinajstić information content (AvgIpc) is 2.99. The highest BCUT2D eigenvalue weighted by molar-refractivity contribution is 5.90. The van der Waals surface area contributed by atoms with E-state index in [-0.39, 0.29) is 5.57 Å². The predicted molar refractivity (Wildman–Crippen MR) is 93.2 cm³/mol. The van der Waals surface area contributed by atoms with Crippen molar-refractivity contribution in [3.63, 3.8) is 0 Å². The highest BCUT2D eigenvalue weighted by Crippen LogP contribution is 2.53. The molecule has 0 radical (unpaired) electrons. The lowest BCUT2D eigenvalue weighted by Crippen LogP contribution is -2.18. The van der Waals surface area contributed by atoms with Gasteiger partial charge in [-0.15, -0.1) is 0 Å². The Morgan fingerprint density at radius 1 is 0.640 bits per heavy atom. The number of halogens is 3. The molecular formula is C22H15F3. The number of benzene rings is 3. The monoisotopic (exact) mass is 336 g/mol. The van der Waals surface area contributed by atoms with Crippen molar-refractivity contribution in [2.24, 2.45) is 0 Å². The first-order valence-electron chi connectivity index (χ1n) is 8.08. The van der Waals surface area contributed by atoms with Gasteiger partial charge < -0.3 is 0 Å². The third-order valence-corrected chi connectivity index (χ3v) is 4.60. The van der Waals surface area contributed by atoms with E-state index < -0.39 is 17.7 Å². The summed E-state index contributed by atoms with van der Waals surface area (Å²) in [6, 6.07) is 24.9. The van der Waals surface area contributed by atoms with Crippen LogP contribution in [0.25, 0.3) is 5.57 Å². The summed E-state index contributed by atoms with van der Waals surface area (Å²) in [4.78, 5) is 0. The Kier molecular flexibility index (Phi) is 3.72. The molecule has 0 spiro atoms. The molecule has 0 saturated heterocycles. The van der Waals surface area contributed by atoms with Crippen molar-refractivity contribution in [1.82, 2.24) is 0 Å². The molecule has 0 nitrogen and oxygen atoms in total. The van der Waals surface area contributed by atoms with Gasteiger partial charge in [0, 0.05) is 5.92 Å². The molecule has 0 saturated carbocycles. The zero-order valence-electron chi connectivity index (χ0n) is 13.3. The number of alkyl halides is 3. The Morgan fingerprint density at radius 2 is 1.20 bits per heavy atom. The van der Waals surface area contributed by atoms with E-state index in [1.54, 1.807) is 72.8 Å². The second kappa shape index (κ2) is 5.92. The van der Waals surface area contributed by atoms with E-state index in [1.165, 1.54) is 0 Å². The standard InChI is InChI=1S/C22H15F3/c23-22(24,25)21-19(15-9-3-1-4-10-15)17-13-7-8-14-18(17)20(21)16-11-5-2-6-12-16/h1-14,19H. The van der Waals surface area contributed by atoms with Crippen LogP contribution >= 0.6 is 0 Å². The second-order valence-electron chi connectivity index (χ2n) is 6.08. The van der Waals surface area contributed by atoms with Crippen LogP contribution in [-0.4, -0.2) is 6.18 Å². The van der Waals surface area contributed by atoms with E-state index in [1.807, 2.05) is 12.1 Å². The molecule has 1 aliphatic carbocycles. The van der Waals surface area contributed by atoms with Crippen molar-refractivity contribution in [2.75, 3.05) is 0 Å². The van der Waals surface area contributed by atoms with Crippen LogP contribution in [0.1, 0.15) is 28.2 Å². The molecule has 25 heavy (non-hydrogen) atoms. The fourth-order valence-corrected chi connectivity index (χ4v) is 3.63. The van der Waals surface area contributed by atoms with Crippen molar-refractivity contribution in [2.45, 2.75) is 12.1 Å². The van der Waals surface area contributed by atoms with E-state index in [4.69, 9.17) is 0 Å². The molecule has 1 atom stereocenters. The van der Waals surface area contributed by atoms with E-state index in [0.29, 0.717) is 22.3 Å². The Labute approximate surface area is 144 Å². The Balaban J connectivity index is 2.06. The van der Waals surface area contributed by atoms with Gasteiger partial charge in [0.1, 0.15) is 0 Å². The van der Waals surface area contributed by atoms with Gasteiger partial charge in [0.05, 0.1) is 5.57 Å². The molecule has 4 rings (SSSR count). The molecule has 0 bridgehead atoms. The van der Waals surface area contributed by atoms with Crippen LogP contribution in [0.3, 0.4) is 0 Å². The maximum atomic E-state index is 14.1. The molecule has 3 heteroatoms. The van der Waals surface area contributed by atoms with Crippen molar-refractivity contribution in [3.05, 3.63) is 113 Å². The molecule has 0 aromatic heterocycles. The van der Waals surface area contributed by atoms with Crippen LogP contribution in [-0.2, 0) is 0 Å². The van der Waals surface area contributed by atoms with Crippen molar-refractivity contribution in [3.8, 4) is 0 Å². The fourth-order valence-electron chi connectivity index (χ4n) is 3.63. The Morgan fingerprint density at radius 3 is 1.84 bits per heavy atom. The zero-order valence-corrected chi connectivity index (χ0v) is 13.3. The van der Waals surface area contributed by atoms with E-state index in [0.717, 1.165) is 0 Å². The molecule has 1 aliphatic rings. The third kappa shape index (κ3) is 2.66. The van der Waals surface area contributed by atoms with Gasteiger partial charge in [0.2, 0.25) is 0 Å². The molecule has 0 amide bonds. The lowest BCUT2D eigenvalue weighted by atomic mass is 9.88. The van der Waals surface area contributed by atoms with E-state index in [9.17, 15) is 13.2 Å². The quantitative estimate of drug-likeness (QED) is 0.523. The van der Waals surface area contributed by atoms with Crippen molar-refractivity contribution in [1.29, 1.82) is 0 Å². The van der Waals surface area contributed by atoms with E-state index >= 15 is 0 Å². The summed E-state index contributed by atoms with van der Waals surface area (Å²) in [6.45, 7) is 0. The van der Waals surface area contributed by atoms with Crippen LogP contribution in [0.5, 0.6) is 0 Å². The second-order valence-corrected chi connectivity index (χ2v) is 6.08. The molecular weight excluding hydrogens is 321 g/mol. The summed E-state index contributed by atoms with van der Waals surface area (Å²) < 4.78 is 42.4. The molecule has 3 aromatic rings. The predicted octanol–water partition coefficient (Wildman–Crippen LogP) is 6.20. The zero-order chi connectivity index (χ0) is 17.4. The molecule has 0 fully saturated rings. The van der Waals surface area contributed by atoms with Gasteiger partial charge in [-0.1, -0.05) is 84.9 Å². The van der Waals surface area contributed by atoms with Gasteiger partial charge in [0.15, 0.2) is 0 Å². The summed E-state index contributed by atoms with van der Waals surface area (Å²) in [6.07, 6.45) is -4.41. The summed E-state index contributed by atoms with van der Waals surface area (Å²) in [5.74, 6) is -0.799. The molecule has 0 aliphatic heterocycles. The Bertz CT molecular complexity index is 922. The summed E-state index contributed by atoms with van der Waals surface area (Å²) in [5.41, 5.74) is 2.44. The normalized spacial score (nSPS) is 16.8. The topological polar surface area (TPSA) is 0 Å². The number of hydrogen-bond donors (Lipinski definition) is 0. The first-order chi connectivity index (χ1) is 12.1. The maximum absolute atomic E-state index is 14.1. The smallest absolute Gasteiger partial charge is 0.166 e. The summed E-state index contributed by atoms with van der Waals surface area (Å²) in [7, 11) is 0. The van der Waals surface area contributed by atoms with Crippen LogP contribution in [0, 0.1) is 0 Å². The minimum absolute atomic E-state index is 0.289. The summed E-state index contributed by atoms with van der Waals surface area (Å²) >= 11 is 0. The van der Waals surface area contributed by atoms with Gasteiger partial charge in [-0.05, 0) is 27.8 Å². The van der Waals surface area contributed by atoms with Gasteiger partial charge >= 0.3 is 6.18 Å². The minimum Gasteiger partial charge on any atom is -0.166 e. The SMILES string of the molecule is FC(F)(F)C1=C(c2ccccc2)c2ccccc2C1c1ccccc1. The largest absolute Gasteiger partial charge is 0.414 e. The molecule has 1 unspecified atom stereocenters. The number of allylic oxidation sites excluding steroid dienone is 1. The number of rotatable bonds is 2. The van der Waals surface area contributed by atoms with E-state index in [2.05, 4.69) is 0 Å². The van der Waals surface area contributed by atoms with Crippen LogP contribution < -0.4 is 0 Å². The summed E-state index contributed by atoms with van der Waals surface area (Å²) in [5, 5.41) is 0. The lowest BCUT2D eigenvalue weighted by Gasteiger charge is -2.20. The number of fused-ring (bicyclic) bond motifs is 1. The van der Waals surface area contributed by atoms with Gasteiger partial charge in [-0.25, -0.2) is 0 Å². The van der Waals surface area contributed by atoms with Gasteiger partial charge in [0.25, 0.3) is 0 Å². The molecule has 0 heterocycles.